The number of hydrogen-bond acceptors (Lipinski definition) is 2. The van der Waals surface area contributed by atoms with E-state index in [1.165, 1.54) is 35.2 Å². The second kappa shape index (κ2) is 9.37. The Hall–Kier alpha value is -1.93. The summed E-state index contributed by atoms with van der Waals surface area (Å²) in [6.45, 7) is 0.955. The SMILES string of the molecule is CCC(=O)CCc1ccc(N2CCC(c3cc(Cl)cc(Cl)c3)(C(F)(F)F)C2)cc1C(F)(F)F. The molecule has 1 unspecified atom stereocenters. The van der Waals surface area contributed by atoms with E-state index in [0.717, 1.165) is 6.07 Å². The molecule has 3 rings (SSSR count). The molecule has 1 heterocycles. The zero-order valence-corrected chi connectivity index (χ0v) is 19.1. The average molecular weight is 512 g/mol. The van der Waals surface area contributed by atoms with Crippen molar-refractivity contribution in [2.45, 2.75) is 50.4 Å². The molecule has 1 aliphatic rings. The van der Waals surface area contributed by atoms with Crippen molar-refractivity contribution in [3.63, 3.8) is 0 Å². The molecule has 0 spiro atoms. The lowest BCUT2D eigenvalue weighted by Gasteiger charge is -2.33. The Morgan fingerprint density at radius 3 is 2.21 bits per heavy atom. The highest BCUT2D eigenvalue weighted by Crippen LogP contribution is 2.50. The van der Waals surface area contributed by atoms with Gasteiger partial charge in [-0.05, 0) is 54.3 Å². The molecule has 180 valence electrons. The highest BCUT2D eigenvalue weighted by Gasteiger charge is 2.59. The van der Waals surface area contributed by atoms with E-state index in [9.17, 15) is 31.1 Å². The van der Waals surface area contributed by atoms with Gasteiger partial charge in [-0.1, -0.05) is 36.2 Å². The minimum Gasteiger partial charge on any atom is -0.370 e. The van der Waals surface area contributed by atoms with Crippen molar-refractivity contribution in [3.8, 4) is 0 Å². The third-order valence-electron chi connectivity index (χ3n) is 6.06. The maximum atomic E-state index is 14.3. The summed E-state index contributed by atoms with van der Waals surface area (Å²) < 4.78 is 83.9. The lowest BCUT2D eigenvalue weighted by Crippen LogP contribution is -2.44. The molecule has 1 fully saturated rings. The summed E-state index contributed by atoms with van der Waals surface area (Å²) in [5.74, 6) is -0.165. The summed E-state index contributed by atoms with van der Waals surface area (Å²) in [6, 6.07) is 7.19. The van der Waals surface area contributed by atoms with Crippen molar-refractivity contribution in [1.29, 1.82) is 0 Å². The molecular formula is C23H21Cl2F6NO. The van der Waals surface area contributed by atoms with Crippen molar-refractivity contribution >= 4 is 34.7 Å². The van der Waals surface area contributed by atoms with Gasteiger partial charge >= 0.3 is 12.4 Å². The van der Waals surface area contributed by atoms with Crippen molar-refractivity contribution in [2.24, 2.45) is 0 Å². The van der Waals surface area contributed by atoms with E-state index in [1.54, 1.807) is 6.92 Å². The Balaban J connectivity index is 1.98. The van der Waals surface area contributed by atoms with E-state index in [0.29, 0.717) is 0 Å². The number of anilines is 1. The van der Waals surface area contributed by atoms with Gasteiger partial charge in [-0.15, -0.1) is 0 Å². The van der Waals surface area contributed by atoms with Crippen molar-refractivity contribution in [3.05, 3.63) is 63.1 Å². The fraction of sp³-hybridized carbons (Fsp3) is 0.435. The van der Waals surface area contributed by atoms with Crippen LogP contribution in [0, 0.1) is 0 Å². The molecule has 0 bridgehead atoms. The molecule has 0 aromatic heterocycles. The third-order valence-corrected chi connectivity index (χ3v) is 6.49. The number of nitrogens with zero attached hydrogens (tertiary/aromatic N) is 1. The second-order valence-corrected chi connectivity index (χ2v) is 9.01. The monoisotopic (exact) mass is 511 g/mol. The lowest BCUT2D eigenvalue weighted by molar-refractivity contribution is -0.184. The maximum absolute atomic E-state index is 14.3. The van der Waals surface area contributed by atoms with Crippen LogP contribution in [0.25, 0.3) is 0 Å². The van der Waals surface area contributed by atoms with E-state index < -0.39 is 29.9 Å². The highest BCUT2D eigenvalue weighted by atomic mass is 35.5. The number of carbonyl (C=O) groups excluding carboxylic acids is 1. The summed E-state index contributed by atoms with van der Waals surface area (Å²) in [4.78, 5) is 12.8. The number of Topliss-reactive ketones (excluding diaryl/α,β-unsaturated/α-hetero) is 1. The first kappa shape index (κ1) is 25.7. The van der Waals surface area contributed by atoms with Crippen LogP contribution in [0.4, 0.5) is 32.0 Å². The van der Waals surface area contributed by atoms with E-state index >= 15 is 0 Å². The van der Waals surface area contributed by atoms with Gasteiger partial charge in [-0.3, -0.25) is 4.79 Å². The first-order valence-electron chi connectivity index (χ1n) is 10.3. The van der Waals surface area contributed by atoms with Gasteiger partial charge in [-0.2, -0.15) is 26.3 Å². The molecule has 0 saturated carbocycles. The zero-order chi connectivity index (χ0) is 24.6. The summed E-state index contributed by atoms with van der Waals surface area (Å²) in [6.07, 6.45) is -9.64. The highest BCUT2D eigenvalue weighted by molar-refractivity contribution is 6.34. The average Bonchev–Trinajstić information content (AvgIpc) is 3.17. The predicted octanol–water partition coefficient (Wildman–Crippen LogP) is 7.63. The van der Waals surface area contributed by atoms with Gasteiger partial charge < -0.3 is 4.90 Å². The first-order chi connectivity index (χ1) is 15.3. The number of hydrogen-bond donors (Lipinski definition) is 0. The molecule has 2 aromatic rings. The number of alkyl halides is 6. The molecule has 33 heavy (non-hydrogen) atoms. The predicted molar refractivity (Wildman–Crippen MR) is 116 cm³/mol. The molecule has 0 aliphatic carbocycles. The van der Waals surface area contributed by atoms with Crippen LogP contribution in [0.5, 0.6) is 0 Å². The molecular weight excluding hydrogens is 491 g/mol. The molecule has 2 aromatic carbocycles. The van der Waals surface area contributed by atoms with Gasteiger partial charge in [0, 0.05) is 41.7 Å². The van der Waals surface area contributed by atoms with Gasteiger partial charge in [0.1, 0.15) is 11.2 Å². The van der Waals surface area contributed by atoms with Crippen LogP contribution in [0.1, 0.15) is 42.9 Å². The Bertz CT molecular complexity index is 1020. The van der Waals surface area contributed by atoms with Gasteiger partial charge in [0.05, 0.1) is 5.56 Å². The van der Waals surface area contributed by atoms with Gasteiger partial charge in [0.2, 0.25) is 0 Å². The maximum Gasteiger partial charge on any atom is 0.416 e. The largest absolute Gasteiger partial charge is 0.416 e. The Morgan fingerprint density at radius 2 is 1.67 bits per heavy atom. The van der Waals surface area contributed by atoms with Crippen LogP contribution in [0.15, 0.2) is 36.4 Å². The van der Waals surface area contributed by atoms with Gasteiger partial charge in [0.15, 0.2) is 0 Å². The normalized spacial score (nSPS) is 19.2. The van der Waals surface area contributed by atoms with E-state index in [4.69, 9.17) is 23.2 Å². The molecule has 1 saturated heterocycles. The van der Waals surface area contributed by atoms with E-state index in [2.05, 4.69) is 0 Å². The van der Waals surface area contributed by atoms with Crippen LogP contribution in [0.3, 0.4) is 0 Å². The van der Waals surface area contributed by atoms with Crippen LogP contribution >= 0.6 is 23.2 Å². The molecule has 1 aliphatic heterocycles. The Morgan fingerprint density at radius 1 is 1.03 bits per heavy atom. The molecule has 0 radical (unpaired) electrons. The van der Waals surface area contributed by atoms with Crippen molar-refractivity contribution in [2.75, 3.05) is 18.0 Å². The fourth-order valence-electron chi connectivity index (χ4n) is 4.18. The number of ketones is 1. The second-order valence-electron chi connectivity index (χ2n) is 8.14. The van der Waals surface area contributed by atoms with Crippen molar-refractivity contribution in [1.82, 2.24) is 0 Å². The quantitative estimate of drug-likeness (QED) is 0.371. The Labute approximate surface area is 197 Å². The summed E-state index contributed by atoms with van der Waals surface area (Å²) >= 11 is 11.9. The summed E-state index contributed by atoms with van der Waals surface area (Å²) in [7, 11) is 0. The van der Waals surface area contributed by atoms with Crippen molar-refractivity contribution < 1.29 is 31.1 Å². The molecule has 1 atom stereocenters. The van der Waals surface area contributed by atoms with Gasteiger partial charge in [0.25, 0.3) is 0 Å². The number of carbonyl (C=O) groups is 1. The van der Waals surface area contributed by atoms with Crippen LogP contribution in [0.2, 0.25) is 10.0 Å². The molecule has 2 nitrogen and oxygen atoms in total. The molecule has 0 amide bonds. The van der Waals surface area contributed by atoms with Crippen LogP contribution < -0.4 is 4.90 Å². The third kappa shape index (κ3) is 5.43. The number of benzene rings is 2. The fourth-order valence-corrected chi connectivity index (χ4v) is 4.71. The topological polar surface area (TPSA) is 20.3 Å². The summed E-state index contributed by atoms with van der Waals surface area (Å²) in [5.41, 5.74) is -3.42. The lowest BCUT2D eigenvalue weighted by atomic mass is 9.79. The van der Waals surface area contributed by atoms with E-state index in [1.807, 2.05) is 0 Å². The Kier molecular flexibility index (Phi) is 7.30. The molecule has 10 heteroatoms. The zero-order valence-electron chi connectivity index (χ0n) is 17.6. The smallest absolute Gasteiger partial charge is 0.370 e. The summed E-state index contributed by atoms with van der Waals surface area (Å²) in [5, 5.41) is 0.0924. The van der Waals surface area contributed by atoms with Crippen LogP contribution in [-0.4, -0.2) is 25.0 Å². The molecule has 0 N–H and O–H groups in total. The van der Waals surface area contributed by atoms with E-state index in [-0.39, 0.29) is 64.9 Å². The number of rotatable bonds is 6. The van der Waals surface area contributed by atoms with Crippen LogP contribution in [-0.2, 0) is 22.8 Å². The minimum absolute atomic E-state index is 0.0324. The van der Waals surface area contributed by atoms with Gasteiger partial charge in [-0.25, -0.2) is 0 Å². The first-order valence-corrected chi connectivity index (χ1v) is 11.0. The minimum atomic E-state index is -4.71. The number of halogens is 8. The standard InChI is InChI=1S/C23H21Cl2F6NO/c1-2-19(33)6-4-14-3-5-18(12-20(14)22(26,27)28)32-8-7-21(13-32,23(29,30)31)15-9-16(24)11-17(25)10-15/h3,5,9-12H,2,4,6-8,13H2,1H3. The number of aryl methyl sites for hydroxylation is 1.